The molecule has 7 heteroatoms. The van der Waals surface area contributed by atoms with E-state index in [2.05, 4.69) is 13.8 Å². The first-order valence-corrected chi connectivity index (χ1v) is 15.7. The van der Waals surface area contributed by atoms with E-state index in [-0.39, 0.29) is 11.9 Å². The molecule has 7 nitrogen and oxygen atoms in total. The van der Waals surface area contributed by atoms with Crippen molar-refractivity contribution in [2.24, 2.45) is 0 Å². The van der Waals surface area contributed by atoms with Gasteiger partial charge in [0, 0.05) is 41.7 Å². The molecular formula is C36H40O7. The monoisotopic (exact) mass is 584 g/mol. The molecule has 2 aliphatic rings. The Morgan fingerprint density at radius 1 is 0.651 bits per heavy atom. The number of carbonyl (C=O) groups is 3. The maximum absolute atomic E-state index is 13.1. The highest BCUT2D eigenvalue weighted by Gasteiger charge is 2.53. The van der Waals surface area contributed by atoms with Gasteiger partial charge in [-0.25, -0.2) is 4.79 Å². The van der Waals surface area contributed by atoms with E-state index in [0.29, 0.717) is 58.1 Å². The molecule has 0 N–H and O–H groups in total. The van der Waals surface area contributed by atoms with Gasteiger partial charge < -0.3 is 18.9 Å². The average Bonchev–Trinajstić information content (AvgIpc) is 3.29. The first-order chi connectivity index (χ1) is 21.0. The van der Waals surface area contributed by atoms with E-state index in [1.807, 2.05) is 12.1 Å². The standard InChI is InChI=1S/C36H40O7/c1-3-5-7-9-11-17-33(37)40-25-19-21-29-31(23-25)42-32-24-26(41-34(38)18-12-10-8-6-4-2)20-22-30(32)36(29)28-16-14-13-15-27(28)35(39)43-36/h13-16,19-24H,3-12,17-18H2,1-2H3. The molecule has 226 valence electrons. The lowest BCUT2D eigenvalue weighted by molar-refractivity contribution is -0.135. The summed E-state index contributed by atoms with van der Waals surface area (Å²) in [4.78, 5) is 38.2. The minimum Gasteiger partial charge on any atom is -0.456 e. The summed E-state index contributed by atoms with van der Waals surface area (Å²) in [6.07, 6.45) is 11.1. The first kappa shape index (κ1) is 30.3. The van der Waals surface area contributed by atoms with Crippen molar-refractivity contribution in [3.05, 3.63) is 82.9 Å². The molecular weight excluding hydrogens is 544 g/mol. The van der Waals surface area contributed by atoms with Gasteiger partial charge in [-0.3, -0.25) is 9.59 Å². The van der Waals surface area contributed by atoms with Gasteiger partial charge in [0.15, 0.2) is 5.60 Å². The van der Waals surface area contributed by atoms with Crippen LogP contribution in [0.3, 0.4) is 0 Å². The highest BCUT2D eigenvalue weighted by molar-refractivity contribution is 5.97. The topological polar surface area (TPSA) is 88.1 Å². The Morgan fingerprint density at radius 3 is 1.70 bits per heavy atom. The van der Waals surface area contributed by atoms with Crippen LogP contribution in [-0.2, 0) is 19.9 Å². The third-order valence-corrected chi connectivity index (χ3v) is 8.09. The van der Waals surface area contributed by atoms with Crippen LogP contribution in [0.25, 0.3) is 0 Å². The Labute approximate surface area is 253 Å². The van der Waals surface area contributed by atoms with Crippen molar-refractivity contribution >= 4 is 17.9 Å². The molecule has 0 saturated heterocycles. The summed E-state index contributed by atoms with van der Waals surface area (Å²) in [5, 5.41) is 0. The molecule has 5 rings (SSSR count). The third kappa shape index (κ3) is 6.61. The SMILES string of the molecule is CCCCCCCC(=O)Oc1ccc2c(c1)Oc1cc(OC(=O)CCCCCCC)ccc1C21OC(=O)c2ccccc21. The predicted molar refractivity (Wildman–Crippen MR) is 163 cm³/mol. The van der Waals surface area contributed by atoms with Gasteiger partial charge >= 0.3 is 17.9 Å². The smallest absolute Gasteiger partial charge is 0.340 e. The molecule has 43 heavy (non-hydrogen) atoms. The Morgan fingerprint density at radius 2 is 1.16 bits per heavy atom. The van der Waals surface area contributed by atoms with E-state index in [4.69, 9.17) is 18.9 Å². The second kappa shape index (κ2) is 13.9. The van der Waals surface area contributed by atoms with Crippen LogP contribution in [0.4, 0.5) is 0 Å². The van der Waals surface area contributed by atoms with Gasteiger partial charge in [0.05, 0.1) is 5.56 Å². The van der Waals surface area contributed by atoms with Crippen LogP contribution in [0.15, 0.2) is 60.7 Å². The lowest BCUT2D eigenvalue weighted by Gasteiger charge is -2.36. The Bertz CT molecular complexity index is 1400. The number of hydrogen-bond acceptors (Lipinski definition) is 7. The van der Waals surface area contributed by atoms with Crippen LogP contribution in [0, 0.1) is 0 Å². The number of carbonyl (C=O) groups excluding carboxylic acids is 3. The Balaban J connectivity index is 1.41. The van der Waals surface area contributed by atoms with Gasteiger partial charge in [-0.1, -0.05) is 83.4 Å². The zero-order valence-corrected chi connectivity index (χ0v) is 25.1. The van der Waals surface area contributed by atoms with Crippen molar-refractivity contribution in [1.29, 1.82) is 0 Å². The summed E-state index contributed by atoms with van der Waals surface area (Å²) >= 11 is 0. The van der Waals surface area contributed by atoms with Gasteiger partial charge in [-0.2, -0.15) is 0 Å². The number of unbranched alkanes of at least 4 members (excludes halogenated alkanes) is 8. The molecule has 2 heterocycles. The van der Waals surface area contributed by atoms with Crippen molar-refractivity contribution < 1.29 is 33.3 Å². The van der Waals surface area contributed by atoms with Crippen molar-refractivity contribution in [2.75, 3.05) is 0 Å². The molecule has 0 saturated carbocycles. The Hall–Kier alpha value is -4.13. The molecule has 0 aliphatic carbocycles. The van der Waals surface area contributed by atoms with E-state index < -0.39 is 11.6 Å². The van der Waals surface area contributed by atoms with Crippen LogP contribution in [0.2, 0.25) is 0 Å². The van der Waals surface area contributed by atoms with E-state index >= 15 is 0 Å². The largest absolute Gasteiger partial charge is 0.456 e. The second-order valence-corrected chi connectivity index (χ2v) is 11.3. The lowest BCUT2D eigenvalue weighted by Crippen LogP contribution is -2.33. The van der Waals surface area contributed by atoms with E-state index in [1.165, 1.54) is 0 Å². The number of hydrogen-bond donors (Lipinski definition) is 0. The molecule has 1 spiro atoms. The minimum absolute atomic E-state index is 0.302. The third-order valence-electron chi connectivity index (χ3n) is 8.09. The maximum Gasteiger partial charge on any atom is 0.340 e. The molecule has 0 atom stereocenters. The zero-order valence-electron chi connectivity index (χ0n) is 25.1. The molecule has 0 aromatic heterocycles. The summed E-state index contributed by atoms with van der Waals surface area (Å²) in [7, 11) is 0. The van der Waals surface area contributed by atoms with Gasteiger partial charge in [-0.05, 0) is 43.2 Å². The van der Waals surface area contributed by atoms with E-state index in [0.717, 1.165) is 64.2 Å². The number of fused-ring (bicyclic) bond motifs is 6. The fourth-order valence-corrected chi connectivity index (χ4v) is 5.87. The maximum atomic E-state index is 13.1. The van der Waals surface area contributed by atoms with Crippen molar-refractivity contribution in [1.82, 2.24) is 0 Å². The minimum atomic E-state index is -1.26. The van der Waals surface area contributed by atoms with Crippen molar-refractivity contribution in [2.45, 2.75) is 96.5 Å². The van der Waals surface area contributed by atoms with Gasteiger partial charge in [0.1, 0.15) is 23.0 Å². The summed E-state index contributed by atoms with van der Waals surface area (Å²) in [6, 6.07) is 17.6. The molecule has 0 amide bonds. The number of ether oxygens (including phenoxy) is 4. The summed E-state index contributed by atoms with van der Waals surface area (Å²) < 4.78 is 23.8. The number of esters is 3. The lowest BCUT2D eigenvalue weighted by atomic mass is 9.77. The average molecular weight is 585 g/mol. The van der Waals surface area contributed by atoms with Gasteiger partial charge in [0.2, 0.25) is 0 Å². The highest BCUT2D eigenvalue weighted by Crippen LogP contribution is 2.57. The molecule has 0 fully saturated rings. The van der Waals surface area contributed by atoms with Crippen molar-refractivity contribution in [3.63, 3.8) is 0 Å². The molecule has 3 aromatic carbocycles. The normalized spacial score (nSPS) is 13.9. The van der Waals surface area contributed by atoms with E-state index in [1.54, 1.807) is 48.5 Å². The molecule has 0 radical (unpaired) electrons. The quantitative estimate of drug-likeness (QED) is 0.106. The fraction of sp³-hybridized carbons (Fsp3) is 0.417. The highest BCUT2D eigenvalue weighted by atomic mass is 16.6. The van der Waals surface area contributed by atoms with Crippen LogP contribution < -0.4 is 14.2 Å². The predicted octanol–water partition coefficient (Wildman–Crippen LogP) is 8.79. The summed E-state index contributed by atoms with van der Waals surface area (Å²) in [5.74, 6) is 0.437. The van der Waals surface area contributed by atoms with Crippen LogP contribution in [0.1, 0.15) is 118 Å². The van der Waals surface area contributed by atoms with Crippen LogP contribution in [0.5, 0.6) is 23.0 Å². The molecule has 3 aromatic rings. The van der Waals surface area contributed by atoms with E-state index in [9.17, 15) is 14.4 Å². The van der Waals surface area contributed by atoms with Crippen LogP contribution in [-0.4, -0.2) is 17.9 Å². The Kier molecular flexibility index (Phi) is 9.80. The number of rotatable bonds is 14. The van der Waals surface area contributed by atoms with Crippen molar-refractivity contribution in [3.8, 4) is 23.0 Å². The second-order valence-electron chi connectivity index (χ2n) is 11.3. The van der Waals surface area contributed by atoms with Gasteiger partial charge in [-0.15, -0.1) is 0 Å². The summed E-state index contributed by atoms with van der Waals surface area (Å²) in [6.45, 7) is 4.31. The molecule has 0 bridgehead atoms. The zero-order chi connectivity index (χ0) is 30.2. The first-order valence-electron chi connectivity index (χ1n) is 15.7. The summed E-state index contributed by atoms with van der Waals surface area (Å²) in [5.41, 5.74) is 1.14. The van der Waals surface area contributed by atoms with Crippen LogP contribution >= 0.6 is 0 Å². The fourth-order valence-electron chi connectivity index (χ4n) is 5.87. The van der Waals surface area contributed by atoms with Gasteiger partial charge in [0.25, 0.3) is 0 Å². The molecule has 0 unspecified atom stereocenters. The number of benzene rings is 3. The molecule has 2 aliphatic heterocycles.